The van der Waals surface area contributed by atoms with Crippen molar-refractivity contribution in [2.24, 2.45) is 0 Å². The summed E-state index contributed by atoms with van der Waals surface area (Å²) in [6.45, 7) is 6.27. The number of rotatable bonds is 1. The molecule has 0 fully saturated rings. The minimum absolute atomic E-state index is 0.254. The summed E-state index contributed by atoms with van der Waals surface area (Å²) in [6.07, 6.45) is 0. The zero-order valence-electron chi connectivity index (χ0n) is 12.3. The second-order valence-electron chi connectivity index (χ2n) is 6.23. The SMILES string of the molecule is CC(C)(C)c1nc2c(cc1C(=O)O)COc1ccccc1-2. The fourth-order valence-electron chi connectivity index (χ4n) is 2.58. The molecule has 1 N–H and O–H groups in total. The van der Waals surface area contributed by atoms with E-state index >= 15 is 0 Å². The Morgan fingerprint density at radius 3 is 2.67 bits per heavy atom. The van der Waals surface area contributed by atoms with Crippen molar-refractivity contribution in [1.29, 1.82) is 0 Å². The molecule has 0 spiro atoms. The van der Waals surface area contributed by atoms with Crippen LogP contribution in [0, 0.1) is 0 Å². The fraction of sp³-hybridized carbons (Fsp3) is 0.294. The minimum atomic E-state index is -0.950. The van der Waals surface area contributed by atoms with Gasteiger partial charge in [0.25, 0.3) is 0 Å². The van der Waals surface area contributed by atoms with Crippen molar-refractivity contribution in [1.82, 2.24) is 4.98 Å². The van der Waals surface area contributed by atoms with Gasteiger partial charge in [-0.2, -0.15) is 0 Å². The van der Waals surface area contributed by atoms with Gasteiger partial charge in [-0.05, 0) is 18.2 Å². The van der Waals surface area contributed by atoms with Gasteiger partial charge in [-0.15, -0.1) is 0 Å². The number of hydrogen-bond acceptors (Lipinski definition) is 3. The Bertz CT molecular complexity index is 729. The van der Waals surface area contributed by atoms with Crippen LogP contribution in [0.2, 0.25) is 0 Å². The van der Waals surface area contributed by atoms with Crippen molar-refractivity contribution in [2.45, 2.75) is 32.8 Å². The van der Waals surface area contributed by atoms with Crippen molar-refractivity contribution >= 4 is 5.97 Å². The highest BCUT2D eigenvalue weighted by Crippen LogP contribution is 2.38. The van der Waals surface area contributed by atoms with Gasteiger partial charge in [0, 0.05) is 16.5 Å². The highest BCUT2D eigenvalue weighted by Gasteiger charge is 2.28. The van der Waals surface area contributed by atoms with Crippen molar-refractivity contribution in [3.8, 4) is 17.0 Å². The van der Waals surface area contributed by atoms with E-state index in [-0.39, 0.29) is 11.0 Å². The summed E-state index contributed by atoms with van der Waals surface area (Å²) in [5.74, 6) is -0.158. The van der Waals surface area contributed by atoms with Crippen LogP contribution in [-0.4, -0.2) is 16.1 Å². The Balaban J connectivity index is 2.29. The van der Waals surface area contributed by atoms with E-state index in [0.717, 1.165) is 22.6 Å². The van der Waals surface area contributed by atoms with Crippen LogP contribution in [-0.2, 0) is 12.0 Å². The monoisotopic (exact) mass is 283 g/mol. The molecule has 0 saturated carbocycles. The van der Waals surface area contributed by atoms with Crippen LogP contribution >= 0.6 is 0 Å². The first-order chi connectivity index (χ1) is 9.88. The minimum Gasteiger partial charge on any atom is -0.488 e. The van der Waals surface area contributed by atoms with Gasteiger partial charge >= 0.3 is 5.97 Å². The molecule has 3 rings (SSSR count). The molecule has 1 aromatic carbocycles. The smallest absolute Gasteiger partial charge is 0.337 e. The van der Waals surface area contributed by atoms with Gasteiger partial charge in [-0.25, -0.2) is 4.79 Å². The zero-order valence-corrected chi connectivity index (χ0v) is 12.3. The third-order valence-electron chi connectivity index (χ3n) is 3.57. The number of ether oxygens (including phenoxy) is 1. The second kappa shape index (κ2) is 4.58. The maximum atomic E-state index is 11.5. The van der Waals surface area contributed by atoms with E-state index in [1.54, 1.807) is 6.07 Å². The number of nitrogens with zero attached hydrogens (tertiary/aromatic N) is 1. The first-order valence-electron chi connectivity index (χ1n) is 6.88. The molecule has 21 heavy (non-hydrogen) atoms. The quantitative estimate of drug-likeness (QED) is 0.868. The highest BCUT2D eigenvalue weighted by molar-refractivity contribution is 5.90. The molecule has 4 nitrogen and oxygen atoms in total. The van der Waals surface area contributed by atoms with Gasteiger partial charge in [0.05, 0.1) is 17.0 Å². The van der Waals surface area contributed by atoms with Crippen molar-refractivity contribution in [3.05, 3.63) is 47.2 Å². The maximum absolute atomic E-state index is 11.5. The molecule has 2 aromatic rings. The number of hydrogen-bond donors (Lipinski definition) is 1. The number of carboxylic acids is 1. The van der Waals surface area contributed by atoms with Crippen LogP contribution in [0.5, 0.6) is 5.75 Å². The molecule has 0 unspecified atom stereocenters. The van der Waals surface area contributed by atoms with Crippen LogP contribution in [0.4, 0.5) is 0 Å². The van der Waals surface area contributed by atoms with E-state index in [0.29, 0.717) is 12.3 Å². The van der Waals surface area contributed by atoms with Gasteiger partial charge < -0.3 is 9.84 Å². The summed E-state index contributed by atoms with van der Waals surface area (Å²) in [5.41, 5.74) is 3.08. The van der Waals surface area contributed by atoms with Gasteiger partial charge in [-0.3, -0.25) is 4.98 Å². The largest absolute Gasteiger partial charge is 0.488 e. The average Bonchev–Trinajstić information content (AvgIpc) is 2.44. The summed E-state index contributed by atoms with van der Waals surface area (Å²) < 4.78 is 5.68. The molecule has 1 aliphatic heterocycles. The van der Waals surface area contributed by atoms with Crippen LogP contribution in [0.3, 0.4) is 0 Å². The van der Waals surface area contributed by atoms with Crippen molar-refractivity contribution < 1.29 is 14.6 Å². The zero-order chi connectivity index (χ0) is 15.2. The summed E-state index contributed by atoms with van der Waals surface area (Å²) in [6, 6.07) is 9.40. The Hall–Kier alpha value is -2.36. The second-order valence-corrected chi connectivity index (χ2v) is 6.23. The molecular weight excluding hydrogens is 266 g/mol. The lowest BCUT2D eigenvalue weighted by Gasteiger charge is -2.25. The number of benzene rings is 1. The molecule has 0 bridgehead atoms. The number of aromatic carboxylic acids is 1. The molecule has 0 amide bonds. The van der Waals surface area contributed by atoms with Crippen LogP contribution in [0.25, 0.3) is 11.3 Å². The summed E-state index contributed by atoms with van der Waals surface area (Å²) in [7, 11) is 0. The van der Waals surface area contributed by atoms with Gasteiger partial charge in [0.15, 0.2) is 0 Å². The van der Waals surface area contributed by atoms with Crippen LogP contribution in [0.1, 0.15) is 42.4 Å². The highest BCUT2D eigenvalue weighted by atomic mass is 16.5. The molecule has 0 atom stereocenters. The topological polar surface area (TPSA) is 59.4 Å². The third kappa shape index (κ3) is 2.27. The molecule has 0 aliphatic carbocycles. The average molecular weight is 283 g/mol. The number of carboxylic acid groups (broad SMARTS) is 1. The normalized spacial score (nSPS) is 13.1. The van der Waals surface area contributed by atoms with Gasteiger partial charge in [0.2, 0.25) is 0 Å². The summed E-state index contributed by atoms with van der Waals surface area (Å²) in [5, 5.41) is 9.45. The Morgan fingerprint density at radius 1 is 1.29 bits per heavy atom. The Labute approximate surface area is 123 Å². The summed E-state index contributed by atoms with van der Waals surface area (Å²) in [4.78, 5) is 16.2. The lowest BCUT2D eigenvalue weighted by atomic mass is 9.86. The number of carbonyl (C=O) groups is 1. The number of pyridine rings is 1. The van der Waals surface area contributed by atoms with Gasteiger partial charge in [0.1, 0.15) is 12.4 Å². The van der Waals surface area contributed by atoms with Crippen molar-refractivity contribution in [3.63, 3.8) is 0 Å². The molecule has 0 saturated heterocycles. The lowest BCUT2D eigenvalue weighted by molar-refractivity contribution is 0.0693. The predicted octanol–water partition coefficient (Wildman–Crippen LogP) is 3.64. The molecule has 1 aromatic heterocycles. The number of aromatic nitrogens is 1. The van der Waals surface area contributed by atoms with E-state index in [4.69, 9.17) is 4.74 Å². The Morgan fingerprint density at radius 2 is 2.00 bits per heavy atom. The number of fused-ring (bicyclic) bond motifs is 3. The van der Waals surface area contributed by atoms with E-state index in [2.05, 4.69) is 4.98 Å². The molecular formula is C17H17NO3. The summed E-state index contributed by atoms with van der Waals surface area (Å²) >= 11 is 0. The molecule has 0 radical (unpaired) electrons. The predicted molar refractivity (Wildman–Crippen MR) is 79.7 cm³/mol. The van der Waals surface area contributed by atoms with E-state index in [1.165, 1.54) is 0 Å². The third-order valence-corrected chi connectivity index (χ3v) is 3.57. The standard InChI is InChI=1S/C17H17NO3/c1-17(2,3)15-12(16(19)20)8-10-9-21-13-7-5-4-6-11(13)14(10)18-15/h4-8H,9H2,1-3H3,(H,19,20). The molecule has 108 valence electrons. The maximum Gasteiger partial charge on any atom is 0.337 e. The number of para-hydroxylation sites is 1. The molecule has 1 aliphatic rings. The van der Waals surface area contributed by atoms with E-state index in [1.807, 2.05) is 45.0 Å². The first kappa shape index (κ1) is 13.6. The first-order valence-corrected chi connectivity index (χ1v) is 6.88. The fourth-order valence-corrected chi connectivity index (χ4v) is 2.58. The van der Waals surface area contributed by atoms with E-state index in [9.17, 15) is 9.90 Å². The lowest BCUT2D eigenvalue weighted by Crippen LogP contribution is -2.21. The molecule has 2 heterocycles. The molecule has 4 heteroatoms. The Kier molecular flexibility index (Phi) is 2.97. The van der Waals surface area contributed by atoms with Crippen molar-refractivity contribution in [2.75, 3.05) is 0 Å². The van der Waals surface area contributed by atoms with E-state index < -0.39 is 5.97 Å². The van der Waals surface area contributed by atoms with Crippen LogP contribution in [0.15, 0.2) is 30.3 Å². The van der Waals surface area contributed by atoms with Crippen LogP contribution < -0.4 is 4.74 Å². The van der Waals surface area contributed by atoms with Gasteiger partial charge in [-0.1, -0.05) is 32.9 Å².